The molecule has 0 N–H and O–H groups in total. The van der Waals surface area contributed by atoms with Gasteiger partial charge in [0.25, 0.3) is 0 Å². The lowest BCUT2D eigenvalue weighted by atomic mass is 10.1. The lowest BCUT2D eigenvalue weighted by molar-refractivity contribution is 0.0602. The number of nitrogens with zero attached hydrogens (tertiary/aromatic N) is 2. The van der Waals surface area contributed by atoms with Crippen molar-refractivity contribution >= 4 is 17.0 Å². The number of fused-ring (bicyclic) bond motifs is 1. The molecule has 0 amide bonds. The van der Waals surface area contributed by atoms with Crippen molar-refractivity contribution in [3.8, 4) is 0 Å². The second kappa shape index (κ2) is 3.87. The maximum atomic E-state index is 11.7. The van der Waals surface area contributed by atoms with E-state index in [1.807, 2.05) is 22.9 Å². The molecule has 90 valence electrons. The number of rotatable bonds is 1. The van der Waals surface area contributed by atoms with Crippen LogP contribution >= 0.6 is 0 Å². The van der Waals surface area contributed by atoms with Gasteiger partial charge in [-0.05, 0) is 32.9 Å². The summed E-state index contributed by atoms with van der Waals surface area (Å²) in [5.41, 5.74) is 1.24. The number of carbonyl (C=O) groups excluding carboxylic acids is 1. The van der Waals surface area contributed by atoms with Crippen molar-refractivity contribution in [3.05, 3.63) is 30.1 Å². The minimum Gasteiger partial charge on any atom is -0.465 e. The zero-order valence-corrected chi connectivity index (χ0v) is 10.5. The molecule has 4 heteroatoms. The summed E-state index contributed by atoms with van der Waals surface area (Å²) in [5.74, 6) is -0.328. The molecule has 0 radical (unpaired) electrons. The van der Waals surface area contributed by atoms with Crippen LogP contribution in [0.3, 0.4) is 0 Å². The Labute approximate surface area is 100 Å². The van der Waals surface area contributed by atoms with Crippen molar-refractivity contribution in [2.75, 3.05) is 7.11 Å². The Morgan fingerprint density at radius 2 is 2.12 bits per heavy atom. The highest BCUT2D eigenvalue weighted by Gasteiger charge is 2.22. The van der Waals surface area contributed by atoms with Crippen LogP contribution in [0.25, 0.3) is 11.0 Å². The highest BCUT2D eigenvalue weighted by Crippen LogP contribution is 2.26. The van der Waals surface area contributed by atoms with Gasteiger partial charge in [-0.2, -0.15) is 0 Å². The summed E-state index contributed by atoms with van der Waals surface area (Å²) in [4.78, 5) is 16.0. The van der Waals surface area contributed by atoms with Crippen LogP contribution in [-0.2, 0) is 10.3 Å². The number of pyridine rings is 1. The van der Waals surface area contributed by atoms with E-state index in [-0.39, 0.29) is 11.5 Å². The Balaban J connectivity index is 2.76. The van der Waals surface area contributed by atoms with Crippen molar-refractivity contribution < 1.29 is 9.53 Å². The quantitative estimate of drug-likeness (QED) is 0.710. The maximum Gasteiger partial charge on any atom is 0.340 e. The number of hydrogen-bond donors (Lipinski definition) is 0. The third kappa shape index (κ3) is 1.90. The van der Waals surface area contributed by atoms with E-state index < -0.39 is 0 Å². The highest BCUT2D eigenvalue weighted by atomic mass is 16.5. The second-order valence-electron chi connectivity index (χ2n) is 4.95. The van der Waals surface area contributed by atoms with E-state index in [1.54, 1.807) is 6.20 Å². The summed E-state index contributed by atoms with van der Waals surface area (Å²) in [7, 11) is 1.39. The molecule has 0 spiro atoms. The first kappa shape index (κ1) is 11.6. The largest absolute Gasteiger partial charge is 0.465 e. The van der Waals surface area contributed by atoms with Gasteiger partial charge in [-0.15, -0.1) is 0 Å². The molecule has 2 aromatic heterocycles. The summed E-state index contributed by atoms with van der Waals surface area (Å²) in [6.07, 6.45) is 3.54. The normalized spacial score (nSPS) is 11.8. The fourth-order valence-electron chi connectivity index (χ4n) is 1.84. The summed E-state index contributed by atoms with van der Waals surface area (Å²) in [5, 5.41) is 0.828. The SMILES string of the molecule is COC(=O)c1cn(C(C)(C)C)c2ncccc12. The molecule has 0 aliphatic rings. The van der Waals surface area contributed by atoms with Crippen LogP contribution in [0.4, 0.5) is 0 Å². The van der Waals surface area contributed by atoms with Crippen LogP contribution in [0.15, 0.2) is 24.5 Å². The Bertz CT molecular complexity index is 564. The van der Waals surface area contributed by atoms with Gasteiger partial charge in [0.15, 0.2) is 0 Å². The van der Waals surface area contributed by atoms with E-state index in [4.69, 9.17) is 4.74 Å². The van der Waals surface area contributed by atoms with Gasteiger partial charge in [-0.25, -0.2) is 9.78 Å². The highest BCUT2D eigenvalue weighted by molar-refractivity contribution is 6.03. The van der Waals surface area contributed by atoms with Gasteiger partial charge in [0.05, 0.1) is 12.7 Å². The smallest absolute Gasteiger partial charge is 0.340 e. The first-order chi connectivity index (χ1) is 7.95. The molecule has 17 heavy (non-hydrogen) atoms. The molecule has 0 saturated carbocycles. The predicted octanol–water partition coefficient (Wildman–Crippen LogP) is 2.58. The molecule has 2 rings (SSSR count). The van der Waals surface area contributed by atoms with Crippen LogP contribution < -0.4 is 0 Å². The molecule has 0 saturated heterocycles. The van der Waals surface area contributed by atoms with Gasteiger partial charge in [0.1, 0.15) is 5.65 Å². The third-order valence-corrected chi connectivity index (χ3v) is 2.69. The summed E-state index contributed by atoms with van der Waals surface area (Å²) < 4.78 is 6.78. The van der Waals surface area contributed by atoms with Crippen molar-refractivity contribution in [3.63, 3.8) is 0 Å². The predicted molar refractivity (Wildman–Crippen MR) is 66.1 cm³/mol. The topological polar surface area (TPSA) is 44.1 Å². The average molecular weight is 232 g/mol. The van der Waals surface area contributed by atoms with Crippen LogP contribution in [0.1, 0.15) is 31.1 Å². The maximum absolute atomic E-state index is 11.7. The number of aromatic nitrogens is 2. The third-order valence-electron chi connectivity index (χ3n) is 2.69. The molecule has 0 unspecified atom stereocenters. The van der Waals surface area contributed by atoms with Crippen molar-refractivity contribution in [2.24, 2.45) is 0 Å². The van der Waals surface area contributed by atoms with E-state index in [2.05, 4.69) is 25.8 Å². The molecule has 0 bridgehead atoms. The van der Waals surface area contributed by atoms with E-state index in [0.29, 0.717) is 5.56 Å². The first-order valence-corrected chi connectivity index (χ1v) is 5.50. The summed E-state index contributed by atoms with van der Waals surface area (Å²) in [6.45, 7) is 6.21. The van der Waals surface area contributed by atoms with Crippen LogP contribution in [0.2, 0.25) is 0 Å². The van der Waals surface area contributed by atoms with Gasteiger partial charge < -0.3 is 9.30 Å². The Morgan fingerprint density at radius 3 is 2.71 bits per heavy atom. The molecule has 2 aromatic rings. The lowest BCUT2D eigenvalue weighted by Gasteiger charge is -2.21. The van der Waals surface area contributed by atoms with E-state index >= 15 is 0 Å². The van der Waals surface area contributed by atoms with Crippen molar-refractivity contribution in [2.45, 2.75) is 26.3 Å². The molecule has 0 aromatic carbocycles. The molecule has 0 aliphatic carbocycles. The van der Waals surface area contributed by atoms with Crippen LogP contribution in [-0.4, -0.2) is 22.6 Å². The molecular weight excluding hydrogens is 216 g/mol. The minimum atomic E-state index is -0.328. The molecule has 0 fully saturated rings. The van der Waals surface area contributed by atoms with Crippen molar-refractivity contribution in [1.82, 2.24) is 9.55 Å². The molecular formula is C13H16N2O2. The molecule has 0 aliphatic heterocycles. The summed E-state index contributed by atoms with van der Waals surface area (Å²) in [6, 6.07) is 3.71. The Morgan fingerprint density at radius 1 is 1.41 bits per heavy atom. The van der Waals surface area contributed by atoms with Gasteiger partial charge in [-0.3, -0.25) is 0 Å². The van der Waals surface area contributed by atoms with Gasteiger partial charge in [-0.1, -0.05) is 0 Å². The van der Waals surface area contributed by atoms with Crippen molar-refractivity contribution in [1.29, 1.82) is 0 Å². The zero-order chi connectivity index (χ0) is 12.6. The number of esters is 1. The van der Waals surface area contributed by atoms with Crippen LogP contribution in [0, 0.1) is 0 Å². The monoisotopic (exact) mass is 232 g/mol. The Hall–Kier alpha value is -1.84. The number of hydrogen-bond acceptors (Lipinski definition) is 3. The molecule has 0 atom stereocenters. The first-order valence-electron chi connectivity index (χ1n) is 5.50. The molecule has 4 nitrogen and oxygen atoms in total. The van der Waals surface area contributed by atoms with Crippen LogP contribution in [0.5, 0.6) is 0 Å². The fourth-order valence-corrected chi connectivity index (χ4v) is 1.84. The standard InChI is InChI=1S/C13H16N2O2/c1-13(2,3)15-8-10(12(16)17-4)9-6-5-7-14-11(9)15/h5-8H,1-4H3. The van der Waals surface area contributed by atoms with E-state index in [0.717, 1.165) is 11.0 Å². The zero-order valence-electron chi connectivity index (χ0n) is 10.5. The lowest BCUT2D eigenvalue weighted by Crippen LogP contribution is -2.21. The van der Waals surface area contributed by atoms with Gasteiger partial charge in [0, 0.05) is 23.3 Å². The summed E-state index contributed by atoms with van der Waals surface area (Å²) >= 11 is 0. The fraction of sp³-hybridized carbons (Fsp3) is 0.385. The van der Waals surface area contributed by atoms with E-state index in [9.17, 15) is 4.79 Å². The molecule has 2 heterocycles. The average Bonchev–Trinajstić information content (AvgIpc) is 2.67. The minimum absolute atomic E-state index is 0.126. The van der Waals surface area contributed by atoms with Gasteiger partial charge >= 0.3 is 5.97 Å². The second-order valence-corrected chi connectivity index (χ2v) is 4.95. The number of carbonyl (C=O) groups is 1. The van der Waals surface area contributed by atoms with Gasteiger partial charge in [0.2, 0.25) is 0 Å². The van der Waals surface area contributed by atoms with E-state index in [1.165, 1.54) is 7.11 Å². The Kier molecular flexibility index (Phi) is 2.65. The number of methoxy groups -OCH3 is 1. The number of ether oxygens (including phenoxy) is 1.